The molecule has 0 aromatic heterocycles. The van der Waals surface area contributed by atoms with Gasteiger partial charge in [0.25, 0.3) is 5.91 Å². The first-order valence-electron chi connectivity index (χ1n) is 7.32. The third-order valence-corrected chi connectivity index (χ3v) is 5.05. The molecule has 4 rings (SSSR count). The van der Waals surface area contributed by atoms with Gasteiger partial charge in [0.1, 0.15) is 0 Å². The molecule has 2 aliphatic heterocycles. The van der Waals surface area contributed by atoms with Gasteiger partial charge in [0.05, 0.1) is 5.54 Å². The molecule has 0 N–H and O–H groups in total. The number of hydrogen-bond donors (Lipinski definition) is 0. The number of nitrogens with zero attached hydrogens (tertiary/aromatic N) is 1. The minimum atomic E-state index is -0.314. The molecule has 2 nitrogen and oxygen atoms in total. The Kier molecular flexibility index (Phi) is 2.67. The zero-order valence-corrected chi connectivity index (χ0v) is 12.7. The van der Waals surface area contributed by atoms with Crippen LogP contribution in [-0.4, -0.2) is 17.4 Å². The Labute approximate surface area is 129 Å². The van der Waals surface area contributed by atoms with Crippen molar-refractivity contribution in [3.63, 3.8) is 0 Å². The van der Waals surface area contributed by atoms with Crippen molar-refractivity contribution < 1.29 is 4.79 Å². The number of carbonyl (C=O) groups excluding carboxylic acids is 1. The number of benzene rings is 2. The lowest BCUT2D eigenvalue weighted by molar-refractivity contribution is 0.0711. The molecule has 2 aromatic carbocycles. The second kappa shape index (κ2) is 4.35. The summed E-state index contributed by atoms with van der Waals surface area (Å²) in [7, 11) is 0. The number of carbonyl (C=O) groups is 1. The first-order valence-corrected chi connectivity index (χ1v) is 7.70. The average Bonchev–Trinajstić information content (AvgIpc) is 3.00. The molecule has 0 bridgehead atoms. The maximum Gasteiger partial charge on any atom is 0.255 e. The van der Waals surface area contributed by atoms with Gasteiger partial charge >= 0.3 is 0 Å². The van der Waals surface area contributed by atoms with Crippen molar-refractivity contribution in [2.75, 3.05) is 6.54 Å². The molecule has 106 valence electrons. The van der Waals surface area contributed by atoms with E-state index in [1.54, 1.807) is 0 Å². The number of rotatable bonds is 1. The molecule has 0 saturated carbocycles. The summed E-state index contributed by atoms with van der Waals surface area (Å²) in [6.45, 7) is 2.90. The number of halogens is 1. The summed E-state index contributed by atoms with van der Waals surface area (Å²) in [4.78, 5) is 14.7. The number of fused-ring (bicyclic) bond motifs is 3. The van der Waals surface area contributed by atoms with Crippen LogP contribution < -0.4 is 0 Å². The van der Waals surface area contributed by atoms with Crippen LogP contribution >= 0.6 is 11.6 Å². The van der Waals surface area contributed by atoms with Crippen LogP contribution in [-0.2, 0) is 5.54 Å². The van der Waals surface area contributed by atoms with Crippen LogP contribution in [0.25, 0.3) is 0 Å². The fourth-order valence-electron chi connectivity index (χ4n) is 3.85. The molecule has 0 radical (unpaired) electrons. The van der Waals surface area contributed by atoms with E-state index >= 15 is 0 Å². The molecule has 2 aliphatic rings. The van der Waals surface area contributed by atoms with Crippen LogP contribution in [0.1, 0.15) is 39.9 Å². The van der Waals surface area contributed by atoms with Crippen LogP contribution in [0, 0.1) is 6.92 Å². The predicted molar refractivity (Wildman–Crippen MR) is 83.7 cm³/mol. The first-order chi connectivity index (χ1) is 10.1. The third-order valence-electron chi connectivity index (χ3n) is 4.81. The fourth-order valence-corrected chi connectivity index (χ4v) is 4.02. The molecule has 1 saturated heterocycles. The monoisotopic (exact) mass is 297 g/mol. The second-order valence-corrected chi connectivity index (χ2v) is 6.41. The van der Waals surface area contributed by atoms with E-state index in [1.807, 2.05) is 23.1 Å². The van der Waals surface area contributed by atoms with Crippen molar-refractivity contribution in [2.45, 2.75) is 25.3 Å². The Bertz CT molecular complexity index is 737. The summed E-state index contributed by atoms with van der Waals surface area (Å²) in [5.74, 6) is 0.139. The summed E-state index contributed by atoms with van der Waals surface area (Å²) in [5.41, 5.74) is 3.99. The van der Waals surface area contributed by atoms with Gasteiger partial charge in [-0.15, -0.1) is 0 Å². The molecule has 21 heavy (non-hydrogen) atoms. The molecule has 0 aliphatic carbocycles. The van der Waals surface area contributed by atoms with Crippen LogP contribution in [0.4, 0.5) is 0 Å². The molecule has 1 amide bonds. The van der Waals surface area contributed by atoms with Gasteiger partial charge in [0.15, 0.2) is 0 Å². The molecule has 2 heterocycles. The van der Waals surface area contributed by atoms with Crippen molar-refractivity contribution in [3.8, 4) is 0 Å². The summed E-state index contributed by atoms with van der Waals surface area (Å²) in [6.07, 6.45) is 2.00. The van der Waals surface area contributed by atoms with Gasteiger partial charge in [-0.3, -0.25) is 4.79 Å². The zero-order valence-electron chi connectivity index (χ0n) is 11.9. The molecule has 1 atom stereocenters. The highest BCUT2D eigenvalue weighted by atomic mass is 35.5. The van der Waals surface area contributed by atoms with Crippen molar-refractivity contribution >= 4 is 17.5 Å². The highest BCUT2D eigenvalue weighted by molar-refractivity contribution is 6.30. The Morgan fingerprint density at radius 3 is 2.67 bits per heavy atom. The van der Waals surface area contributed by atoms with E-state index in [2.05, 4.69) is 31.2 Å². The minimum Gasteiger partial charge on any atom is -0.325 e. The zero-order chi connectivity index (χ0) is 14.6. The van der Waals surface area contributed by atoms with Crippen molar-refractivity contribution in [1.82, 2.24) is 4.90 Å². The Morgan fingerprint density at radius 2 is 1.90 bits per heavy atom. The lowest BCUT2D eigenvalue weighted by Crippen LogP contribution is -2.39. The van der Waals surface area contributed by atoms with E-state index < -0.39 is 0 Å². The van der Waals surface area contributed by atoms with Gasteiger partial charge in [-0.1, -0.05) is 41.4 Å². The molecule has 0 spiro atoms. The number of hydrogen-bond acceptors (Lipinski definition) is 1. The fraction of sp³-hybridized carbons (Fsp3) is 0.278. The molecule has 3 heteroatoms. The van der Waals surface area contributed by atoms with E-state index in [-0.39, 0.29) is 11.4 Å². The van der Waals surface area contributed by atoms with Gasteiger partial charge in [-0.2, -0.15) is 0 Å². The SMILES string of the molecule is Cc1ccc(C23CCCN2C(=O)c2ccc(Cl)cc23)cc1. The first kappa shape index (κ1) is 12.9. The van der Waals surface area contributed by atoms with Crippen molar-refractivity contribution in [2.24, 2.45) is 0 Å². The Hall–Kier alpha value is -1.80. The maximum atomic E-state index is 12.7. The summed E-state index contributed by atoms with van der Waals surface area (Å²) < 4.78 is 0. The molecule has 2 aromatic rings. The van der Waals surface area contributed by atoms with Crippen molar-refractivity contribution in [1.29, 1.82) is 0 Å². The second-order valence-electron chi connectivity index (χ2n) is 5.98. The Morgan fingerprint density at radius 1 is 1.14 bits per heavy atom. The minimum absolute atomic E-state index is 0.139. The van der Waals surface area contributed by atoms with Gasteiger partial charge in [0, 0.05) is 17.1 Å². The Balaban J connectivity index is 2.00. The van der Waals surface area contributed by atoms with E-state index in [0.717, 1.165) is 30.5 Å². The van der Waals surface area contributed by atoms with E-state index in [4.69, 9.17) is 11.6 Å². The molecule has 1 unspecified atom stereocenters. The molecule has 1 fully saturated rings. The molecular formula is C18H16ClNO. The van der Waals surface area contributed by atoms with Gasteiger partial charge in [-0.05, 0) is 49.1 Å². The normalized spacial score (nSPS) is 23.3. The smallest absolute Gasteiger partial charge is 0.255 e. The van der Waals surface area contributed by atoms with Crippen LogP contribution in [0.2, 0.25) is 5.02 Å². The highest BCUT2D eigenvalue weighted by Crippen LogP contribution is 2.51. The number of amides is 1. The quantitative estimate of drug-likeness (QED) is 0.774. The highest BCUT2D eigenvalue weighted by Gasteiger charge is 2.53. The van der Waals surface area contributed by atoms with Crippen LogP contribution in [0.15, 0.2) is 42.5 Å². The van der Waals surface area contributed by atoms with Gasteiger partial charge in [0.2, 0.25) is 0 Å². The lowest BCUT2D eigenvalue weighted by atomic mass is 9.81. The largest absolute Gasteiger partial charge is 0.325 e. The van der Waals surface area contributed by atoms with Gasteiger partial charge in [-0.25, -0.2) is 0 Å². The third kappa shape index (κ3) is 1.63. The lowest BCUT2D eigenvalue weighted by Gasteiger charge is -2.33. The van der Waals surface area contributed by atoms with Crippen LogP contribution in [0.5, 0.6) is 0 Å². The summed E-state index contributed by atoms with van der Waals surface area (Å²) in [5, 5.41) is 0.696. The predicted octanol–water partition coefficient (Wildman–Crippen LogP) is 4.14. The standard InChI is InChI=1S/C18H16ClNO/c1-12-3-5-13(6-4-12)18-9-2-10-20(18)17(21)15-8-7-14(19)11-16(15)18/h3-8,11H,2,9-10H2,1H3. The average molecular weight is 298 g/mol. The summed E-state index contributed by atoms with van der Waals surface area (Å²) in [6, 6.07) is 14.2. The van der Waals surface area contributed by atoms with Gasteiger partial charge < -0.3 is 4.90 Å². The van der Waals surface area contributed by atoms with Crippen molar-refractivity contribution in [3.05, 3.63) is 69.7 Å². The number of aryl methyl sites for hydroxylation is 1. The van der Waals surface area contributed by atoms with E-state index in [1.165, 1.54) is 11.1 Å². The summed E-state index contributed by atoms with van der Waals surface area (Å²) >= 11 is 6.21. The topological polar surface area (TPSA) is 20.3 Å². The maximum absolute atomic E-state index is 12.7. The molecular weight excluding hydrogens is 282 g/mol. The van der Waals surface area contributed by atoms with Crippen LogP contribution in [0.3, 0.4) is 0 Å². The van der Waals surface area contributed by atoms with E-state index in [0.29, 0.717) is 5.02 Å². The van der Waals surface area contributed by atoms with E-state index in [9.17, 15) is 4.79 Å².